The van der Waals surface area contributed by atoms with Crippen molar-refractivity contribution in [3.8, 4) is 0 Å². The quantitative estimate of drug-likeness (QED) is 0.821. The van der Waals surface area contributed by atoms with Gasteiger partial charge in [0.1, 0.15) is 12.1 Å². The van der Waals surface area contributed by atoms with E-state index in [-0.39, 0.29) is 0 Å². The predicted octanol–water partition coefficient (Wildman–Crippen LogP) is 1.33. The van der Waals surface area contributed by atoms with E-state index in [1.165, 1.54) is 19.3 Å². The van der Waals surface area contributed by atoms with Gasteiger partial charge in [0.05, 0.1) is 12.4 Å². The molecule has 0 amide bonds. The smallest absolute Gasteiger partial charge is 0.175 e. The molecule has 5 nitrogen and oxygen atoms in total. The second kappa shape index (κ2) is 2.93. The zero-order chi connectivity index (χ0) is 10.5. The van der Waals surface area contributed by atoms with Gasteiger partial charge in [0.25, 0.3) is 0 Å². The SMILES string of the molecule is c1nc2cncc(NC3CC4CC3C4)n2n1. The van der Waals surface area contributed by atoms with Crippen LogP contribution in [0.25, 0.3) is 5.65 Å². The highest BCUT2D eigenvalue weighted by Crippen LogP contribution is 2.49. The molecule has 5 rings (SSSR count). The van der Waals surface area contributed by atoms with E-state index < -0.39 is 0 Å². The van der Waals surface area contributed by atoms with Crippen molar-refractivity contribution in [2.75, 3.05) is 5.32 Å². The van der Waals surface area contributed by atoms with Gasteiger partial charge in [-0.15, -0.1) is 0 Å². The monoisotopic (exact) mass is 215 g/mol. The minimum absolute atomic E-state index is 0.613. The number of anilines is 1. The van der Waals surface area contributed by atoms with E-state index >= 15 is 0 Å². The van der Waals surface area contributed by atoms with Gasteiger partial charge in [0.15, 0.2) is 5.65 Å². The summed E-state index contributed by atoms with van der Waals surface area (Å²) in [6.07, 6.45) is 9.23. The molecule has 2 bridgehead atoms. The summed E-state index contributed by atoms with van der Waals surface area (Å²) in [5.41, 5.74) is 0.801. The third-order valence-electron chi connectivity index (χ3n) is 3.95. The number of fused-ring (bicyclic) bond motifs is 2. The lowest BCUT2D eigenvalue weighted by molar-refractivity contribution is 0.298. The number of nitrogens with zero attached hydrogens (tertiary/aromatic N) is 4. The first-order valence-corrected chi connectivity index (χ1v) is 5.80. The van der Waals surface area contributed by atoms with Crippen LogP contribution in [0.5, 0.6) is 0 Å². The van der Waals surface area contributed by atoms with E-state index in [2.05, 4.69) is 20.4 Å². The van der Waals surface area contributed by atoms with Crippen LogP contribution in [0, 0.1) is 11.8 Å². The molecule has 0 aliphatic heterocycles. The average Bonchev–Trinajstić information content (AvgIpc) is 2.88. The van der Waals surface area contributed by atoms with Crippen molar-refractivity contribution >= 4 is 11.5 Å². The number of nitrogens with one attached hydrogen (secondary N) is 1. The van der Waals surface area contributed by atoms with Crippen molar-refractivity contribution in [1.29, 1.82) is 0 Å². The lowest BCUT2D eigenvalue weighted by Crippen LogP contribution is -2.25. The molecular weight excluding hydrogens is 202 g/mol. The Morgan fingerprint density at radius 3 is 3.00 bits per heavy atom. The van der Waals surface area contributed by atoms with E-state index in [0.29, 0.717) is 6.04 Å². The van der Waals surface area contributed by atoms with E-state index in [1.54, 1.807) is 12.5 Å². The standard InChI is InChI=1S/C11H13N5/c1-7-2-8(1)9(3-7)15-11-5-12-4-10-13-6-14-16(10)11/h4-9,15H,1-3H2. The molecule has 2 aromatic rings. The molecule has 1 unspecified atom stereocenters. The zero-order valence-electron chi connectivity index (χ0n) is 8.87. The van der Waals surface area contributed by atoms with E-state index in [9.17, 15) is 0 Å². The molecule has 2 heterocycles. The van der Waals surface area contributed by atoms with Crippen LogP contribution in [-0.2, 0) is 0 Å². The molecule has 3 fully saturated rings. The Balaban J connectivity index is 1.68. The van der Waals surface area contributed by atoms with Crippen molar-refractivity contribution < 1.29 is 0 Å². The number of aromatic nitrogens is 4. The van der Waals surface area contributed by atoms with Crippen LogP contribution in [-0.4, -0.2) is 25.6 Å². The molecule has 0 saturated heterocycles. The first kappa shape index (κ1) is 8.50. The Morgan fingerprint density at radius 1 is 1.25 bits per heavy atom. The lowest BCUT2D eigenvalue weighted by Gasteiger charge is -2.25. The van der Waals surface area contributed by atoms with Crippen molar-refractivity contribution in [2.24, 2.45) is 11.8 Å². The Labute approximate surface area is 92.9 Å². The Hall–Kier alpha value is -1.65. The maximum Gasteiger partial charge on any atom is 0.175 e. The topological polar surface area (TPSA) is 55.1 Å². The van der Waals surface area contributed by atoms with Crippen LogP contribution in [0.3, 0.4) is 0 Å². The highest BCUT2D eigenvalue weighted by molar-refractivity contribution is 5.45. The van der Waals surface area contributed by atoms with Crippen LogP contribution in [0.1, 0.15) is 19.3 Å². The average molecular weight is 215 g/mol. The second-order valence-electron chi connectivity index (χ2n) is 4.91. The molecule has 5 heteroatoms. The molecule has 0 aromatic carbocycles. The molecule has 3 saturated carbocycles. The Bertz CT molecular complexity index is 528. The van der Waals surface area contributed by atoms with Crippen LogP contribution in [0.15, 0.2) is 18.7 Å². The first-order chi connectivity index (χ1) is 7.90. The van der Waals surface area contributed by atoms with E-state index in [1.807, 2.05) is 10.7 Å². The summed E-state index contributed by atoms with van der Waals surface area (Å²) in [6, 6.07) is 0.613. The van der Waals surface area contributed by atoms with Crippen LogP contribution in [0.2, 0.25) is 0 Å². The summed E-state index contributed by atoms with van der Waals surface area (Å²) in [6.45, 7) is 0. The van der Waals surface area contributed by atoms with Gasteiger partial charge in [-0.05, 0) is 31.1 Å². The fourth-order valence-electron chi connectivity index (χ4n) is 3.08. The van der Waals surface area contributed by atoms with Gasteiger partial charge >= 0.3 is 0 Å². The molecule has 1 atom stereocenters. The highest BCUT2D eigenvalue weighted by atomic mass is 15.3. The Morgan fingerprint density at radius 2 is 2.19 bits per heavy atom. The number of hydrogen-bond acceptors (Lipinski definition) is 4. The van der Waals surface area contributed by atoms with Crippen LogP contribution >= 0.6 is 0 Å². The van der Waals surface area contributed by atoms with Gasteiger partial charge in [0, 0.05) is 6.04 Å². The molecule has 16 heavy (non-hydrogen) atoms. The zero-order valence-corrected chi connectivity index (χ0v) is 8.87. The minimum Gasteiger partial charge on any atom is -0.366 e. The summed E-state index contributed by atoms with van der Waals surface area (Å²) >= 11 is 0. The van der Waals surface area contributed by atoms with Gasteiger partial charge < -0.3 is 5.32 Å². The first-order valence-electron chi connectivity index (χ1n) is 5.80. The van der Waals surface area contributed by atoms with Gasteiger partial charge in [-0.1, -0.05) is 0 Å². The number of hydrogen-bond donors (Lipinski definition) is 1. The molecule has 2 aromatic heterocycles. The fourth-order valence-corrected chi connectivity index (χ4v) is 3.08. The summed E-state index contributed by atoms with van der Waals surface area (Å²) in [5.74, 6) is 2.79. The van der Waals surface area contributed by atoms with Gasteiger partial charge in [-0.25, -0.2) is 4.98 Å². The van der Waals surface area contributed by atoms with Gasteiger partial charge in [-0.3, -0.25) is 4.98 Å². The molecule has 82 valence electrons. The van der Waals surface area contributed by atoms with Crippen molar-refractivity contribution in [3.05, 3.63) is 18.7 Å². The van der Waals surface area contributed by atoms with Crippen LogP contribution < -0.4 is 5.32 Å². The normalized spacial score (nSPS) is 31.6. The largest absolute Gasteiger partial charge is 0.366 e. The minimum atomic E-state index is 0.613. The van der Waals surface area contributed by atoms with Gasteiger partial charge in [-0.2, -0.15) is 9.61 Å². The summed E-state index contributed by atoms with van der Waals surface area (Å²) in [7, 11) is 0. The third-order valence-corrected chi connectivity index (χ3v) is 3.95. The Kier molecular flexibility index (Phi) is 1.56. The summed E-state index contributed by atoms with van der Waals surface area (Å²) in [5, 5.41) is 7.76. The molecule has 0 radical (unpaired) electrons. The molecular formula is C11H13N5. The molecule has 1 N–H and O–H groups in total. The van der Waals surface area contributed by atoms with Crippen LogP contribution in [0.4, 0.5) is 5.82 Å². The molecule has 3 aliphatic rings. The highest BCUT2D eigenvalue weighted by Gasteiger charge is 2.44. The molecule has 3 aliphatic carbocycles. The fraction of sp³-hybridized carbons (Fsp3) is 0.545. The number of rotatable bonds is 2. The lowest BCUT2D eigenvalue weighted by atomic mass is 9.84. The van der Waals surface area contributed by atoms with E-state index in [0.717, 1.165) is 23.3 Å². The predicted molar refractivity (Wildman–Crippen MR) is 59.0 cm³/mol. The van der Waals surface area contributed by atoms with Crippen molar-refractivity contribution in [3.63, 3.8) is 0 Å². The molecule has 0 spiro atoms. The maximum atomic E-state index is 4.20. The summed E-state index contributed by atoms with van der Waals surface area (Å²) < 4.78 is 1.82. The van der Waals surface area contributed by atoms with Crippen molar-refractivity contribution in [1.82, 2.24) is 19.6 Å². The maximum absolute atomic E-state index is 4.20. The van der Waals surface area contributed by atoms with Crippen molar-refractivity contribution in [2.45, 2.75) is 25.3 Å². The summed E-state index contributed by atoms with van der Waals surface area (Å²) in [4.78, 5) is 8.31. The van der Waals surface area contributed by atoms with Gasteiger partial charge in [0.2, 0.25) is 0 Å². The van der Waals surface area contributed by atoms with E-state index in [4.69, 9.17) is 0 Å². The second-order valence-corrected chi connectivity index (χ2v) is 4.91. The third kappa shape index (κ3) is 1.08.